The van der Waals surface area contributed by atoms with E-state index in [9.17, 15) is 8.63 Å². The van der Waals surface area contributed by atoms with Crippen molar-refractivity contribution in [2.45, 2.75) is 52.4 Å². The second-order valence-corrected chi connectivity index (χ2v) is 12.1. The fourth-order valence-electron chi connectivity index (χ4n) is 4.63. The summed E-state index contributed by atoms with van der Waals surface area (Å²) < 4.78 is 35.0. The van der Waals surface area contributed by atoms with Crippen LogP contribution in [0.15, 0.2) is 60.7 Å². The highest BCUT2D eigenvalue weighted by atomic mass is 32.1. The summed E-state index contributed by atoms with van der Waals surface area (Å²) in [6.45, 7) is 12.5. The average Bonchev–Trinajstić information content (AvgIpc) is 3.17. The number of hydrogen-bond acceptors (Lipinski definition) is 3. The van der Waals surface area contributed by atoms with E-state index in [4.69, 9.17) is 9.64 Å². The van der Waals surface area contributed by atoms with Gasteiger partial charge in [-0.3, -0.25) is 0 Å². The van der Waals surface area contributed by atoms with Crippen molar-refractivity contribution in [3.05, 3.63) is 71.8 Å². The molecule has 0 saturated carbocycles. The molecule has 0 fully saturated rings. The van der Waals surface area contributed by atoms with Gasteiger partial charge < -0.3 is 4.65 Å². The van der Waals surface area contributed by atoms with Gasteiger partial charge in [0.15, 0.2) is 0 Å². The molecule has 0 amide bonds. The third-order valence-corrected chi connectivity index (χ3v) is 7.62. The summed E-state index contributed by atoms with van der Waals surface area (Å²) in [5.41, 5.74) is 3.36. The van der Waals surface area contributed by atoms with Gasteiger partial charge in [-0.15, -0.1) is 11.3 Å². The molecule has 0 aliphatic heterocycles. The molecule has 0 spiro atoms. The highest BCUT2D eigenvalue weighted by Gasteiger charge is 2.31. The number of halogens is 2. The summed E-state index contributed by atoms with van der Waals surface area (Å²) >= 11 is 1.65. The second kappa shape index (κ2) is 8.30. The molecule has 35 heavy (non-hydrogen) atoms. The molecule has 5 rings (SSSR count). The van der Waals surface area contributed by atoms with Crippen LogP contribution < -0.4 is 4.65 Å². The number of rotatable bonds is 3. The monoisotopic (exact) mass is 487 g/mol. The van der Waals surface area contributed by atoms with Crippen LogP contribution in [0.2, 0.25) is 0 Å². The van der Waals surface area contributed by atoms with Crippen molar-refractivity contribution in [2.24, 2.45) is 0 Å². The zero-order chi connectivity index (χ0) is 25.1. The molecule has 0 bridgehead atoms. The van der Waals surface area contributed by atoms with Gasteiger partial charge in [0.1, 0.15) is 5.75 Å². The standard InChI is InChI=1S/C29H28BF2NOS/c1-28(2,3)17-15-20(26(34-30(31)32)21(16-17)29(4,5)6)25-27-24(18-11-7-9-13-22(18)33-25)19-12-8-10-14-23(19)35-27/h7-16H,1-6H3. The predicted molar refractivity (Wildman–Crippen MR) is 146 cm³/mol. The Labute approximate surface area is 209 Å². The molecule has 2 heterocycles. The zero-order valence-electron chi connectivity index (χ0n) is 20.9. The van der Waals surface area contributed by atoms with Gasteiger partial charge in [0.05, 0.1) is 15.9 Å². The van der Waals surface area contributed by atoms with Crippen LogP contribution in [0.4, 0.5) is 8.63 Å². The van der Waals surface area contributed by atoms with Crippen LogP contribution in [0.25, 0.3) is 42.3 Å². The van der Waals surface area contributed by atoms with E-state index in [0.717, 1.165) is 42.2 Å². The third-order valence-electron chi connectivity index (χ3n) is 6.44. The molecule has 0 saturated heterocycles. The van der Waals surface area contributed by atoms with Crippen molar-refractivity contribution in [2.75, 3.05) is 0 Å². The minimum atomic E-state index is -2.94. The van der Waals surface area contributed by atoms with E-state index in [-0.39, 0.29) is 11.2 Å². The normalized spacial score (nSPS) is 12.6. The van der Waals surface area contributed by atoms with Crippen molar-refractivity contribution >= 4 is 49.9 Å². The number of aromatic nitrogens is 1. The van der Waals surface area contributed by atoms with Gasteiger partial charge in [0, 0.05) is 26.4 Å². The topological polar surface area (TPSA) is 22.1 Å². The van der Waals surface area contributed by atoms with Gasteiger partial charge in [-0.2, -0.15) is 0 Å². The van der Waals surface area contributed by atoms with Crippen molar-refractivity contribution in [3.8, 4) is 17.0 Å². The number of para-hydroxylation sites is 1. The van der Waals surface area contributed by atoms with E-state index in [0.29, 0.717) is 11.3 Å². The van der Waals surface area contributed by atoms with E-state index in [1.54, 1.807) is 11.3 Å². The lowest BCUT2D eigenvalue weighted by Gasteiger charge is -2.29. The fourth-order valence-corrected chi connectivity index (χ4v) is 5.85. The highest BCUT2D eigenvalue weighted by molar-refractivity contribution is 7.26. The lowest BCUT2D eigenvalue weighted by atomic mass is 9.78. The third kappa shape index (κ3) is 4.18. The maximum atomic E-state index is 13.8. The molecule has 0 atom stereocenters. The maximum absolute atomic E-state index is 13.8. The van der Waals surface area contributed by atoms with E-state index < -0.39 is 12.9 Å². The van der Waals surface area contributed by atoms with Gasteiger partial charge in [0.25, 0.3) is 0 Å². The number of nitrogens with zero attached hydrogens (tertiary/aromatic N) is 1. The molecule has 2 nitrogen and oxygen atoms in total. The van der Waals surface area contributed by atoms with E-state index in [1.165, 1.54) is 0 Å². The molecule has 3 aromatic carbocycles. The molecule has 0 aliphatic rings. The number of thiophene rings is 1. The van der Waals surface area contributed by atoms with Crippen LogP contribution in [0.5, 0.6) is 5.75 Å². The number of hydrogen-bond donors (Lipinski definition) is 0. The molecule has 2 aromatic heterocycles. The Bertz CT molecular complexity index is 1580. The van der Waals surface area contributed by atoms with Crippen LogP contribution in [-0.4, -0.2) is 12.5 Å². The van der Waals surface area contributed by atoms with Crippen molar-refractivity contribution < 1.29 is 13.3 Å². The van der Waals surface area contributed by atoms with Gasteiger partial charge in [-0.05, 0) is 40.2 Å². The lowest BCUT2D eigenvalue weighted by Crippen LogP contribution is -2.21. The summed E-state index contributed by atoms with van der Waals surface area (Å²) in [5, 5.41) is 3.31. The fraction of sp³-hybridized carbons (Fsp3) is 0.276. The summed E-state index contributed by atoms with van der Waals surface area (Å²) in [7, 11) is -2.94. The minimum Gasteiger partial charge on any atom is -0.504 e. The first kappa shape index (κ1) is 23.7. The van der Waals surface area contributed by atoms with Gasteiger partial charge in [0.2, 0.25) is 0 Å². The molecule has 6 heteroatoms. The number of pyridine rings is 1. The Hall–Kier alpha value is -2.99. The lowest BCUT2D eigenvalue weighted by molar-refractivity contribution is 0.414. The zero-order valence-corrected chi connectivity index (χ0v) is 21.7. The Balaban J connectivity index is 1.99. The van der Waals surface area contributed by atoms with Crippen LogP contribution in [0, 0.1) is 0 Å². The molecular formula is C29H28BF2NOS. The summed E-state index contributed by atoms with van der Waals surface area (Å²) in [6.07, 6.45) is 0. The molecular weight excluding hydrogens is 459 g/mol. The SMILES string of the molecule is CC(C)(C)c1cc(-c2nc3ccccc3c3c2sc2ccccc23)c(OB(F)F)c(C(C)(C)C)c1. The van der Waals surface area contributed by atoms with Gasteiger partial charge in [-0.1, -0.05) is 84.0 Å². The largest absolute Gasteiger partial charge is 0.796 e. The molecule has 0 N–H and O–H groups in total. The van der Waals surface area contributed by atoms with Crippen LogP contribution in [-0.2, 0) is 10.8 Å². The number of benzene rings is 3. The Morgan fingerprint density at radius 3 is 2.14 bits per heavy atom. The Morgan fingerprint density at radius 2 is 1.49 bits per heavy atom. The second-order valence-electron chi connectivity index (χ2n) is 11.1. The predicted octanol–water partition coefficient (Wildman–Crippen LogP) is 9.17. The van der Waals surface area contributed by atoms with Crippen LogP contribution in [0.1, 0.15) is 52.7 Å². The van der Waals surface area contributed by atoms with Crippen LogP contribution >= 0.6 is 11.3 Å². The summed E-state index contributed by atoms with van der Waals surface area (Å²) in [4.78, 5) is 5.07. The van der Waals surface area contributed by atoms with Crippen molar-refractivity contribution in [1.29, 1.82) is 0 Å². The minimum absolute atomic E-state index is 0.186. The molecule has 0 aliphatic carbocycles. The van der Waals surface area contributed by atoms with E-state index >= 15 is 0 Å². The highest BCUT2D eigenvalue weighted by Crippen LogP contribution is 2.48. The quantitative estimate of drug-likeness (QED) is 0.237. The first-order chi connectivity index (χ1) is 16.4. The number of fused-ring (bicyclic) bond motifs is 5. The van der Waals surface area contributed by atoms with Crippen molar-refractivity contribution in [3.63, 3.8) is 0 Å². The first-order valence-corrected chi connectivity index (χ1v) is 12.6. The Morgan fingerprint density at radius 1 is 0.829 bits per heavy atom. The Kier molecular flexibility index (Phi) is 5.63. The van der Waals surface area contributed by atoms with Crippen LogP contribution in [0.3, 0.4) is 0 Å². The first-order valence-electron chi connectivity index (χ1n) is 11.8. The molecule has 0 radical (unpaired) electrons. The van der Waals surface area contributed by atoms with E-state index in [1.807, 2.05) is 63.2 Å². The summed E-state index contributed by atoms with van der Waals surface area (Å²) in [5.74, 6) is 0.210. The van der Waals surface area contributed by atoms with Gasteiger partial charge >= 0.3 is 7.47 Å². The van der Waals surface area contributed by atoms with Gasteiger partial charge in [-0.25, -0.2) is 13.6 Å². The molecule has 178 valence electrons. The smallest absolute Gasteiger partial charge is 0.504 e. The summed E-state index contributed by atoms with van der Waals surface area (Å²) in [6, 6.07) is 20.3. The average molecular weight is 487 g/mol. The van der Waals surface area contributed by atoms with E-state index in [2.05, 4.69) is 39.0 Å². The molecule has 0 unspecified atom stereocenters. The maximum Gasteiger partial charge on any atom is 0.796 e. The van der Waals surface area contributed by atoms with Crippen molar-refractivity contribution in [1.82, 2.24) is 4.98 Å². The molecule has 5 aromatic rings.